The zero-order chi connectivity index (χ0) is 21.8. The fourth-order valence-corrected chi connectivity index (χ4v) is 3.00. The van der Waals surface area contributed by atoms with Gasteiger partial charge in [-0.15, -0.1) is 0 Å². The van der Waals surface area contributed by atoms with Crippen molar-refractivity contribution in [3.05, 3.63) is 59.2 Å². The van der Waals surface area contributed by atoms with E-state index in [0.717, 1.165) is 23.3 Å². The first-order valence-electron chi connectivity index (χ1n) is 10.5. The lowest BCUT2D eigenvalue weighted by atomic mass is 10.1. The quantitative estimate of drug-likeness (QED) is 0.421. The minimum atomic E-state index is -0.439. The molecule has 0 spiro atoms. The van der Waals surface area contributed by atoms with Gasteiger partial charge in [0.25, 0.3) is 11.8 Å². The van der Waals surface area contributed by atoms with Crippen LogP contribution in [0, 0.1) is 13.8 Å². The maximum absolute atomic E-state index is 12.2. The molecule has 2 aromatic carbocycles. The first-order valence-corrected chi connectivity index (χ1v) is 10.5. The van der Waals surface area contributed by atoms with Crippen LogP contribution in [0.3, 0.4) is 0 Å². The average molecular weight is 413 g/mol. The Morgan fingerprint density at radius 3 is 2.13 bits per heavy atom. The van der Waals surface area contributed by atoms with Gasteiger partial charge in [0.15, 0.2) is 6.61 Å². The van der Waals surface area contributed by atoms with Crippen LogP contribution in [0.25, 0.3) is 0 Å². The van der Waals surface area contributed by atoms with Crippen LogP contribution in [-0.4, -0.2) is 25.0 Å². The van der Waals surface area contributed by atoms with Crippen molar-refractivity contribution in [2.75, 3.05) is 13.2 Å². The minimum absolute atomic E-state index is 0.186. The minimum Gasteiger partial charge on any atom is -0.494 e. The van der Waals surface area contributed by atoms with Crippen LogP contribution < -0.4 is 20.3 Å². The normalized spacial score (nSPS) is 10.4. The number of aryl methyl sites for hydroxylation is 2. The van der Waals surface area contributed by atoms with Crippen LogP contribution in [0.2, 0.25) is 0 Å². The lowest BCUT2D eigenvalue weighted by molar-refractivity contribution is -0.123. The van der Waals surface area contributed by atoms with E-state index in [1.54, 1.807) is 24.3 Å². The number of ether oxygens (including phenoxy) is 2. The third-order valence-corrected chi connectivity index (χ3v) is 4.51. The highest BCUT2D eigenvalue weighted by atomic mass is 16.5. The van der Waals surface area contributed by atoms with Gasteiger partial charge in [0.2, 0.25) is 0 Å². The number of hydrogen-bond acceptors (Lipinski definition) is 4. The predicted molar refractivity (Wildman–Crippen MR) is 118 cm³/mol. The number of hydrogen-bond donors (Lipinski definition) is 2. The van der Waals surface area contributed by atoms with Gasteiger partial charge in [-0.05, 0) is 67.8 Å². The molecule has 2 amide bonds. The molecular weight excluding hydrogens is 380 g/mol. The topological polar surface area (TPSA) is 76.7 Å². The van der Waals surface area contributed by atoms with Crippen LogP contribution in [0.1, 0.15) is 60.5 Å². The van der Waals surface area contributed by atoms with Gasteiger partial charge in [-0.1, -0.05) is 38.7 Å². The molecule has 0 saturated carbocycles. The summed E-state index contributed by atoms with van der Waals surface area (Å²) in [5, 5.41) is 0. The fourth-order valence-electron chi connectivity index (χ4n) is 3.00. The predicted octanol–water partition coefficient (Wildman–Crippen LogP) is 4.49. The van der Waals surface area contributed by atoms with Gasteiger partial charge < -0.3 is 9.47 Å². The van der Waals surface area contributed by atoms with Crippen molar-refractivity contribution < 1.29 is 19.1 Å². The Labute approximate surface area is 178 Å². The summed E-state index contributed by atoms with van der Waals surface area (Å²) in [6.07, 6.45) is 5.92. The van der Waals surface area contributed by atoms with E-state index in [4.69, 9.17) is 9.47 Å². The summed E-state index contributed by atoms with van der Waals surface area (Å²) in [6.45, 7) is 6.60. The number of benzene rings is 2. The molecule has 0 unspecified atom stereocenters. The molecule has 0 radical (unpaired) electrons. The van der Waals surface area contributed by atoms with Crippen LogP contribution in [0.4, 0.5) is 0 Å². The Morgan fingerprint density at radius 2 is 1.47 bits per heavy atom. The number of rotatable bonds is 11. The number of hydrazine groups is 1. The van der Waals surface area contributed by atoms with Crippen molar-refractivity contribution in [2.24, 2.45) is 0 Å². The molecule has 30 heavy (non-hydrogen) atoms. The Hall–Kier alpha value is -3.02. The number of carbonyl (C=O) groups is 2. The molecule has 0 fully saturated rings. The second-order valence-electron chi connectivity index (χ2n) is 7.40. The number of unbranched alkanes of at least 4 members (excludes halogenated alkanes) is 4. The monoisotopic (exact) mass is 412 g/mol. The largest absolute Gasteiger partial charge is 0.494 e. The van der Waals surface area contributed by atoms with Crippen molar-refractivity contribution in [1.82, 2.24) is 10.9 Å². The third-order valence-electron chi connectivity index (χ3n) is 4.51. The first-order chi connectivity index (χ1) is 14.5. The van der Waals surface area contributed by atoms with Crippen molar-refractivity contribution in [2.45, 2.75) is 52.9 Å². The van der Waals surface area contributed by atoms with Gasteiger partial charge in [-0.3, -0.25) is 20.4 Å². The number of amides is 2. The smallest absolute Gasteiger partial charge is 0.276 e. The molecule has 0 atom stereocenters. The van der Waals surface area contributed by atoms with Crippen molar-refractivity contribution in [3.8, 4) is 11.5 Å². The third kappa shape index (κ3) is 8.55. The van der Waals surface area contributed by atoms with E-state index in [1.807, 2.05) is 32.0 Å². The maximum Gasteiger partial charge on any atom is 0.276 e. The summed E-state index contributed by atoms with van der Waals surface area (Å²) >= 11 is 0. The second-order valence-corrected chi connectivity index (χ2v) is 7.40. The van der Waals surface area contributed by atoms with Crippen LogP contribution in [0.5, 0.6) is 11.5 Å². The average Bonchev–Trinajstić information content (AvgIpc) is 2.73. The SMILES string of the molecule is CCCCCCCOc1ccc(C(=O)NNC(=O)COc2cc(C)cc(C)c2)cc1. The molecule has 6 nitrogen and oxygen atoms in total. The van der Waals surface area contributed by atoms with Crippen molar-refractivity contribution in [1.29, 1.82) is 0 Å². The Balaban J connectivity index is 1.69. The van der Waals surface area contributed by atoms with E-state index in [-0.39, 0.29) is 6.61 Å². The zero-order valence-corrected chi connectivity index (χ0v) is 18.1. The highest BCUT2D eigenvalue weighted by molar-refractivity contribution is 5.95. The maximum atomic E-state index is 12.2. The van der Waals surface area contributed by atoms with E-state index in [2.05, 4.69) is 17.8 Å². The molecule has 162 valence electrons. The Bertz CT molecular complexity index is 798. The second kappa shape index (κ2) is 12.5. The molecule has 2 N–H and O–H groups in total. The molecule has 6 heteroatoms. The van der Waals surface area contributed by atoms with E-state index in [0.29, 0.717) is 17.9 Å². The summed E-state index contributed by atoms with van der Waals surface area (Å²) < 4.78 is 11.2. The fraction of sp³-hybridized carbons (Fsp3) is 0.417. The Morgan fingerprint density at radius 1 is 0.800 bits per heavy atom. The van der Waals surface area contributed by atoms with Crippen molar-refractivity contribution >= 4 is 11.8 Å². The Kier molecular flexibility index (Phi) is 9.71. The molecule has 0 aliphatic heterocycles. The van der Waals surface area contributed by atoms with Gasteiger partial charge in [-0.25, -0.2) is 0 Å². The lowest BCUT2D eigenvalue weighted by Crippen LogP contribution is -2.43. The van der Waals surface area contributed by atoms with Crippen molar-refractivity contribution in [3.63, 3.8) is 0 Å². The summed E-state index contributed by atoms with van der Waals surface area (Å²) in [6, 6.07) is 12.6. The van der Waals surface area contributed by atoms with Crippen LogP contribution in [-0.2, 0) is 4.79 Å². The van der Waals surface area contributed by atoms with Gasteiger partial charge in [0.05, 0.1) is 6.61 Å². The standard InChI is InChI=1S/C24H32N2O4/c1-4-5-6-7-8-13-29-21-11-9-20(10-12-21)24(28)26-25-23(27)17-30-22-15-18(2)14-19(3)16-22/h9-12,14-16H,4-8,13,17H2,1-3H3,(H,25,27)(H,26,28). The molecule has 2 rings (SSSR count). The summed E-state index contributed by atoms with van der Waals surface area (Å²) in [4.78, 5) is 24.1. The van der Waals surface area contributed by atoms with E-state index < -0.39 is 11.8 Å². The highest BCUT2D eigenvalue weighted by Crippen LogP contribution is 2.16. The first kappa shape index (κ1) is 23.3. The van der Waals surface area contributed by atoms with Gasteiger partial charge in [0.1, 0.15) is 11.5 Å². The number of nitrogens with one attached hydrogen (secondary N) is 2. The lowest BCUT2D eigenvalue weighted by Gasteiger charge is -2.10. The molecule has 0 aliphatic carbocycles. The van der Waals surface area contributed by atoms with E-state index in [1.165, 1.54) is 25.7 Å². The zero-order valence-electron chi connectivity index (χ0n) is 18.1. The number of carbonyl (C=O) groups excluding carboxylic acids is 2. The van der Waals surface area contributed by atoms with Crippen LogP contribution in [0.15, 0.2) is 42.5 Å². The highest BCUT2D eigenvalue weighted by Gasteiger charge is 2.09. The molecule has 0 aliphatic rings. The summed E-state index contributed by atoms with van der Waals surface area (Å²) in [5.41, 5.74) is 7.30. The van der Waals surface area contributed by atoms with E-state index in [9.17, 15) is 9.59 Å². The molecule has 0 bridgehead atoms. The van der Waals surface area contributed by atoms with Gasteiger partial charge in [-0.2, -0.15) is 0 Å². The molecule has 0 heterocycles. The molecular formula is C24H32N2O4. The molecule has 2 aromatic rings. The molecule has 0 saturated heterocycles. The summed E-state index contributed by atoms with van der Waals surface area (Å²) in [7, 11) is 0. The summed E-state index contributed by atoms with van der Waals surface area (Å²) in [5.74, 6) is 0.509. The van der Waals surface area contributed by atoms with Gasteiger partial charge >= 0.3 is 0 Å². The van der Waals surface area contributed by atoms with Gasteiger partial charge in [0, 0.05) is 5.56 Å². The van der Waals surface area contributed by atoms with E-state index >= 15 is 0 Å². The van der Waals surface area contributed by atoms with Crippen LogP contribution >= 0.6 is 0 Å². The molecule has 0 aromatic heterocycles.